The molecule has 1 unspecified atom stereocenters. The van der Waals surface area contributed by atoms with Crippen molar-refractivity contribution in [1.82, 2.24) is 0 Å². The van der Waals surface area contributed by atoms with Crippen molar-refractivity contribution in [3.05, 3.63) is 105 Å². The molecule has 3 rings (SSSR count). The number of ether oxygens (including phenoxy) is 1. The number of nitrogens with zero attached hydrogens (tertiary/aromatic N) is 1. The number of aryl methyl sites for hydroxylation is 1. The number of esters is 1. The van der Waals surface area contributed by atoms with Gasteiger partial charge in [-0.3, -0.25) is 19.7 Å². The third-order valence-electron chi connectivity index (χ3n) is 4.49. The molecule has 0 saturated carbocycles. The number of rotatable bonds is 7. The van der Waals surface area contributed by atoms with Gasteiger partial charge in [0.05, 0.1) is 11.3 Å². The minimum atomic E-state index is -1.37. The molecule has 0 heterocycles. The summed E-state index contributed by atoms with van der Waals surface area (Å²) in [6.45, 7) is 1.69. The van der Waals surface area contributed by atoms with Crippen molar-refractivity contribution >= 4 is 23.3 Å². The van der Waals surface area contributed by atoms with Crippen LogP contribution in [0.4, 0.5) is 15.8 Å². The molecule has 0 bridgehead atoms. The SMILES string of the molecule is Cc1ccc(NC(=O)C(OC(=O)Cc2ccccc2F)c2ccccc2)c([N+](=O)[O-])c1. The molecule has 7 nitrogen and oxygen atoms in total. The maximum atomic E-state index is 13.9. The highest BCUT2D eigenvalue weighted by Crippen LogP contribution is 2.28. The van der Waals surface area contributed by atoms with Crippen LogP contribution in [0.3, 0.4) is 0 Å². The molecule has 0 aliphatic carbocycles. The zero-order valence-electron chi connectivity index (χ0n) is 16.6. The van der Waals surface area contributed by atoms with Crippen LogP contribution >= 0.6 is 0 Å². The Kier molecular flexibility index (Phi) is 6.71. The highest BCUT2D eigenvalue weighted by atomic mass is 19.1. The van der Waals surface area contributed by atoms with Crippen LogP contribution in [-0.4, -0.2) is 16.8 Å². The molecule has 0 spiro atoms. The molecule has 0 aliphatic heterocycles. The summed E-state index contributed by atoms with van der Waals surface area (Å²) in [5, 5.41) is 13.8. The number of carbonyl (C=O) groups is 2. The van der Waals surface area contributed by atoms with E-state index in [4.69, 9.17) is 4.74 Å². The lowest BCUT2D eigenvalue weighted by molar-refractivity contribution is -0.384. The third-order valence-corrected chi connectivity index (χ3v) is 4.49. The Labute approximate surface area is 177 Å². The smallest absolute Gasteiger partial charge is 0.311 e. The van der Waals surface area contributed by atoms with Gasteiger partial charge < -0.3 is 10.1 Å². The van der Waals surface area contributed by atoms with Crippen LogP contribution in [0, 0.1) is 22.9 Å². The number of nitrogens with one attached hydrogen (secondary N) is 1. The predicted octanol–water partition coefficient (Wildman–Crippen LogP) is 4.51. The minimum Gasteiger partial charge on any atom is -0.447 e. The van der Waals surface area contributed by atoms with Gasteiger partial charge in [0.2, 0.25) is 6.10 Å². The van der Waals surface area contributed by atoms with Gasteiger partial charge in [0, 0.05) is 11.6 Å². The zero-order valence-corrected chi connectivity index (χ0v) is 16.6. The maximum absolute atomic E-state index is 13.9. The van der Waals surface area contributed by atoms with E-state index in [1.165, 1.54) is 30.3 Å². The van der Waals surface area contributed by atoms with Crippen molar-refractivity contribution in [2.75, 3.05) is 5.32 Å². The summed E-state index contributed by atoms with van der Waals surface area (Å²) in [6.07, 6.45) is -1.74. The molecule has 0 aliphatic rings. The Morgan fingerprint density at radius 3 is 2.42 bits per heavy atom. The van der Waals surface area contributed by atoms with Gasteiger partial charge in [0.1, 0.15) is 11.5 Å². The Morgan fingerprint density at radius 1 is 1.06 bits per heavy atom. The van der Waals surface area contributed by atoms with Crippen LogP contribution < -0.4 is 5.32 Å². The second-order valence-corrected chi connectivity index (χ2v) is 6.82. The molecule has 158 valence electrons. The maximum Gasteiger partial charge on any atom is 0.311 e. The lowest BCUT2D eigenvalue weighted by atomic mass is 10.1. The van der Waals surface area contributed by atoms with E-state index in [0.29, 0.717) is 11.1 Å². The Hall–Kier alpha value is -4.07. The molecule has 31 heavy (non-hydrogen) atoms. The van der Waals surface area contributed by atoms with Crippen LogP contribution in [0.15, 0.2) is 72.8 Å². The van der Waals surface area contributed by atoms with E-state index in [9.17, 15) is 24.1 Å². The number of nitro benzene ring substituents is 1. The van der Waals surface area contributed by atoms with Gasteiger partial charge in [-0.25, -0.2) is 4.39 Å². The highest BCUT2D eigenvalue weighted by Gasteiger charge is 2.27. The summed E-state index contributed by atoms with van der Waals surface area (Å²) in [7, 11) is 0. The number of hydrogen-bond donors (Lipinski definition) is 1. The van der Waals surface area contributed by atoms with E-state index >= 15 is 0 Å². The molecule has 3 aromatic carbocycles. The first-order valence-electron chi connectivity index (χ1n) is 9.39. The summed E-state index contributed by atoms with van der Waals surface area (Å²) >= 11 is 0. The Morgan fingerprint density at radius 2 is 1.74 bits per heavy atom. The third kappa shape index (κ3) is 5.51. The summed E-state index contributed by atoms with van der Waals surface area (Å²) in [5.74, 6) is -2.14. The Balaban J connectivity index is 1.84. The molecular formula is C23H19FN2O5. The van der Waals surface area contributed by atoms with E-state index < -0.39 is 28.7 Å². The molecule has 1 atom stereocenters. The monoisotopic (exact) mass is 422 g/mol. The number of benzene rings is 3. The summed E-state index contributed by atoms with van der Waals surface area (Å²) in [4.78, 5) is 36.1. The van der Waals surface area contributed by atoms with Crippen molar-refractivity contribution in [3.63, 3.8) is 0 Å². The van der Waals surface area contributed by atoms with E-state index in [0.717, 1.165) is 0 Å². The average molecular weight is 422 g/mol. The van der Waals surface area contributed by atoms with Crippen molar-refractivity contribution in [2.24, 2.45) is 0 Å². The standard InChI is InChI=1S/C23H19FN2O5/c1-15-11-12-19(20(13-15)26(29)30)25-23(28)22(16-7-3-2-4-8-16)31-21(27)14-17-9-5-6-10-18(17)24/h2-13,22H,14H2,1H3,(H,25,28). The summed E-state index contributed by atoms with van der Waals surface area (Å²) in [6, 6.07) is 18.3. The van der Waals surface area contributed by atoms with E-state index in [-0.39, 0.29) is 23.4 Å². The molecule has 1 N–H and O–H groups in total. The van der Waals surface area contributed by atoms with Gasteiger partial charge in [-0.05, 0) is 30.2 Å². The van der Waals surface area contributed by atoms with Crippen LogP contribution in [0.2, 0.25) is 0 Å². The average Bonchev–Trinajstić information content (AvgIpc) is 2.75. The predicted molar refractivity (Wildman–Crippen MR) is 112 cm³/mol. The van der Waals surface area contributed by atoms with Crippen LogP contribution in [0.1, 0.15) is 22.8 Å². The van der Waals surface area contributed by atoms with Gasteiger partial charge in [-0.2, -0.15) is 0 Å². The molecule has 1 amide bonds. The number of nitro groups is 1. The lowest BCUT2D eigenvalue weighted by Crippen LogP contribution is -2.27. The molecule has 0 aromatic heterocycles. The number of halogens is 1. The fourth-order valence-corrected chi connectivity index (χ4v) is 2.97. The summed E-state index contributed by atoms with van der Waals surface area (Å²) < 4.78 is 19.2. The molecular weight excluding hydrogens is 403 g/mol. The van der Waals surface area contributed by atoms with Gasteiger partial charge in [0.25, 0.3) is 11.6 Å². The number of hydrogen-bond acceptors (Lipinski definition) is 5. The van der Waals surface area contributed by atoms with Crippen LogP contribution in [0.5, 0.6) is 0 Å². The van der Waals surface area contributed by atoms with E-state index in [1.807, 2.05) is 0 Å². The molecule has 0 radical (unpaired) electrons. The molecule has 3 aromatic rings. The fraction of sp³-hybridized carbons (Fsp3) is 0.130. The minimum absolute atomic E-state index is 0.0216. The van der Waals surface area contributed by atoms with E-state index in [2.05, 4.69) is 5.32 Å². The Bertz CT molecular complexity index is 1120. The highest BCUT2D eigenvalue weighted by molar-refractivity contribution is 5.97. The number of anilines is 1. The zero-order chi connectivity index (χ0) is 22.4. The topological polar surface area (TPSA) is 98.5 Å². The molecule has 0 fully saturated rings. The van der Waals surface area contributed by atoms with Gasteiger partial charge in [0.15, 0.2) is 0 Å². The number of carbonyl (C=O) groups excluding carboxylic acids is 2. The van der Waals surface area contributed by atoms with E-state index in [1.54, 1.807) is 49.4 Å². The van der Waals surface area contributed by atoms with Crippen molar-refractivity contribution in [3.8, 4) is 0 Å². The second-order valence-electron chi connectivity index (χ2n) is 6.82. The molecule has 0 saturated heterocycles. The lowest BCUT2D eigenvalue weighted by Gasteiger charge is -2.18. The first kappa shape index (κ1) is 21.6. The quantitative estimate of drug-likeness (QED) is 0.343. The van der Waals surface area contributed by atoms with Crippen molar-refractivity contribution in [2.45, 2.75) is 19.4 Å². The van der Waals surface area contributed by atoms with Crippen LogP contribution in [0.25, 0.3) is 0 Å². The normalized spacial score (nSPS) is 11.4. The number of amides is 1. The largest absolute Gasteiger partial charge is 0.447 e. The summed E-state index contributed by atoms with van der Waals surface area (Å²) in [5.41, 5.74) is 0.857. The van der Waals surface area contributed by atoms with Crippen LogP contribution in [-0.2, 0) is 20.7 Å². The molecule has 8 heteroatoms. The first-order chi connectivity index (χ1) is 14.8. The second kappa shape index (κ2) is 9.62. The van der Waals surface area contributed by atoms with Crippen molar-refractivity contribution < 1.29 is 23.6 Å². The van der Waals surface area contributed by atoms with Crippen molar-refractivity contribution in [1.29, 1.82) is 0 Å². The fourth-order valence-electron chi connectivity index (χ4n) is 2.97. The first-order valence-corrected chi connectivity index (χ1v) is 9.39. The van der Waals surface area contributed by atoms with Gasteiger partial charge >= 0.3 is 5.97 Å². The van der Waals surface area contributed by atoms with Gasteiger partial charge in [-0.1, -0.05) is 54.6 Å². The van der Waals surface area contributed by atoms with Gasteiger partial charge in [-0.15, -0.1) is 0 Å².